The molecule has 0 aromatic carbocycles. The predicted octanol–water partition coefficient (Wildman–Crippen LogP) is 0.887. The first-order valence-corrected chi connectivity index (χ1v) is 9.14. The van der Waals surface area contributed by atoms with Crippen LogP contribution in [0, 0.1) is 0 Å². The minimum absolute atomic E-state index is 0.157. The molecule has 114 valence electrons. The van der Waals surface area contributed by atoms with Crippen LogP contribution in [0.3, 0.4) is 0 Å². The molecule has 0 aliphatic rings. The van der Waals surface area contributed by atoms with Crippen LogP contribution in [0.2, 0.25) is 0 Å². The Balaban J connectivity index is 3.03. The van der Waals surface area contributed by atoms with Crippen molar-refractivity contribution in [3.05, 3.63) is 18.2 Å². The molecule has 0 radical (unpaired) electrons. The summed E-state index contributed by atoms with van der Waals surface area (Å²) in [5.41, 5.74) is 0. The fourth-order valence-corrected chi connectivity index (χ4v) is 3.53. The fraction of sp³-hybridized carbons (Fsp3) is 0.545. The summed E-state index contributed by atoms with van der Waals surface area (Å²) >= 11 is 0. The minimum Gasteiger partial charge on any atom is -0.362 e. The summed E-state index contributed by atoms with van der Waals surface area (Å²) < 4.78 is 53.9. The molecule has 1 N–H and O–H groups in total. The topological polar surface area (TPSA) is 102 Å². The molecule has 0 aliphatic carbocycles. The minimum atomic E-state index is -3.79. The second-order valence-electron chi connectivity index (χ2n) is 4.44. The van der Waals surface area contributed by atoms with Crippen molar-refractivity contribution in [1.29, 1.82) is 0 Å². The van der Waals surface area contributed by atoms with Crippen LogP contribution in [0.25, 0.3) is 0 Å². The smallest absolute Gasteiger partial charge is 0.310 e. The Morgan fingerprint density at radius 1 is 1.25 bits per heavy atom. The predicted molar refractivity (Wildman–Crippen MR) is 74.4 cm³/mol. The van der Waals surface area contributed by atoms with Gasteiger partial charge in [0.1, 0.15) is 0 Å². The van der Waals surface area contributed by atoms with Crippen molar-refractivity contribution >= 4 is 20.1 Å². The standard InChI is InChI=1S/C11H18N2O5S2/c1-4-8-19(14,15)18-10-6-5-7-11(12-10)20(16,17)13-9(2)3/h5-7,9,13H,4,8H2,1-3H3. The zero-order valence-corrected chi connectivity index (χ0v) is 13.2. The lowest BCUT2D eigenvalue weighted by atomic mass is 10.4. The van der Waals surface area contributed by atoms with Gasteiger partial charge >= 0.3 is 10.1 Å². The quantitative estimate of drug-likeness (QED) is 0.748. The third-order valence-electron chi connectivity index (χ3n) is 2.03. The van der Waals surface area contributed by atoms with Gasteiger partial charge in [0.15, 0.2) is 5.03 Å². The maximum Gasteiger partial charge on any atom is 0.310 e. The van der Waals surface area contributed by atoms with E-state index >= 15 is 0 Å². The van der Waals surface area contributed by atoms with E-state index in [4.69, 9.17) is 4.18 Å². The molecule has 20 heavy (non-hydrogen) atoms. The fourth-order valence-electron chi connectivity index (χ4n) is 1.38. The third kappa shape index (κ3) is 5.06. The zero-order valence-electron chi connectivity index (χ0n) is 11.5. The van der Waals surface area contributed by atoms with Gasteiger partial charge in [-0.1, -0.05) is 13.0 Å². The molecule has 7 nitrogen and oxygen atoms in total. The maximum atomic E-state index is 11.9. The van der Waals surface area contributed by atoms with Gasteiger partial charge < -0.3 is 4.18 Å². The molecule has 0 bridgehead atoms. The second-order valence-corrected chi connectivity index (χ2v) is 7.79. The molecule has 0 atom stereocenters. The van der Waals surface area contributed by atoms with Gasteiger partial charge in [-0.25, -0.2) is 13.1 Å². The first kappa shape index (κ1) is 16.9. The molecule has 0 unspecified atom stereocenters. The molecule has 0 spiro atoms. The Kier molecular flexibility index (Phi) is 5.49. The van der Waals surface area contributed by atoms with Gasteiger partial charge in [0.2, 0.25) is 5.88 Å². The van der Waals surface area contributed by atoms with Gasteiger partial charge in [-0.05, 0) is 26.3 Å². The molecule has 0 saturated heterocycles. The highest BCUT2D eigenvalue weighted by Gasteiger charge is 2.19. The van der Waals surface area contributed by atoms with Crippen LogP contribution >= 0.6 is 0 Å². The van der Waals surface area contributed by atoms with Crippen LogP contribution in [-0.4, -0.2) is 33.6 Å². The van der Waals surface area contributed by atoms with E-state index in [1.54, 1.807) is 20.8 Å². The number of rotatable bonds is 7. The molecule has 1 heterocycles. The molecule has 1 aromatic heterocycles. The van der Waals surface area contributed by atoms with Crippen molar-refractivity contribution < 1.29 is 21.0 Å². The molecule has 9 heteroatoms. The van der Waals surface area contributed by atoms with Crippen LogP contribution in [0.15, 0.2) is 23.2 Å². The molecule has 1 aromatic rings. The van der Waals surface area contributed by atoms with Crippen molar-refractivity contribution in [3.63, 3.8) is 0 Å². The molecule has 0 fully saturated rings. The van der Waals surface area contributed by atoms with E-state index in [2.05, 4.69) is 9.71 Å². The van der Waals surface area contributed by atoms with Crippen molar-refractivity contribution in [2.24, 2.45) is 0 Å². The van der Waals surface area contributed by atoms with Crippen molar-refractivity contribution in [2.75, 3.05) is 5.75 Å². The normalized spacial score (nSPS) is 12.6. The summed E-state index contributed by atoms with van der Waals surface area (Å²) in [6, 6.07) is 3.64. The average molecular weight is 322 g/mol. The Labute approximate surface area is 119 Å². The molecular formula is C11H18N2O5S2. The lowest BCUT2D eigenvalue weighted by Gasteiger charge is -2.10. The Hall–Kier alpha value is -1.19. The number of sulfonamides is 1. The number of aromatic nitrogens is 1. The highest BCUT2D eigenvalue weighted by molar-refractivity contribution is 7.89. The molecule has 1 rings (SSSR count). The van der Waals surface area contributed by atoms with Crippen LogP contribution in [0.5, 0.6) is 5.88 Å². The average Bonchev–Trinajstić information content (AvgIpc) is 2.26. The summed E-state index contributed by atoms with van der Waals surface area (Å²) in [6.45, 7) is 5.04. The number of nitrogens with zero attached hydrogens (tertiary/aromatic N) is 1. The van der Waals surface area contributed by atoms with Gasteiger partial charge in [0.05, 0.1) is 5.75 Å². The zero-order chi connectivity index (χ0) is 15.4. The van der Waals surface area contributed by atoms with E-state index in [1.165, 1.54) is 18.2 Å². The highest BCUT2D eigenvalue weighted by atomic mass is 32.2. The largest absolute Gasteiger partial charge is 0.362 e. The number of hydrogen-bond acceptors (Lipinski definition) is 6. The summed E-state index contributed by atoms with van der Waals surface area (Å²) in [6.07, 6.45) is 0.398. The summed E-state index contributed by atoms with van der Waals surface area (Å²) in [5, 5.41) is -0.282. The van der Waals surface area contributed by atoms with Crippen LogP contribution in [0.4, 0.5) is 0 Å². The number of nitrogens with one attached hydrogen (secondary N) is 1. The summed E-state index contributed by atoms with van der Waals surface area (Å²) in [5.74, 6) is -0.416. The maximum absolute atomic E-state index is 11.9. The second kappa shape index (κ2) is 6.51. The Bertz CT molecular complexity index is 653. The van der Waals surface area contributed by atoms with Crippen LogP contribution in [0.1, 0.15) is 27.2 Å². The summed E-state index contributed by atoms with van der Waals surface area (Å²) in [7, 11) is -7.53. The van der Waals surface area contributed by atoms with Gasteiger partial charge in [0, 0.05) is 12.1 Å². The molecular weight excluding hydrogens is 304 g/mol. The summed E-state index contributed by atoms with van der Waals surface area (Å²) in [4.78, 5) is 3.71. The highest BCUT2D eigenvalue weighted by Crippen LogP contribution is 2.14. The Morgan fingerprint density at radius 3 is 2.45 bits per heavy atom. The van der Waals surface area contributed by atoms with E-state index in [9.17, 15) is 16.8 Å². The van der Waals surface area contributed by atoms with E-state index in [1.807, 2.05) is 0 Å². The van der Waals surface area contributed by atoms with Gasteiger partial charge in [-0.3, -0.25) is 0 Å². The van der Waals surface area contributed by atoms with Crippen molar-refractivity contribution in [2.45, 2.75) is 38.3 Å². The van der Waals surface area contributed by atoms with Crippen LogP contribution in [-0.2, 0) is 20.1 Å². The van der Waals surface area contributed by atoms with E-state index in [0.29, 0.717) is 6.42 Å². The van der Waals surface area contributed by atoms with Crippen LogP contribution < -0.4 is 8.91 Å². The van der Waals surface area contributed by atoms with Gasteiger partial charge in [0.25, 0.3) is 10.0 Å². The molecule has 0 amide bonds. The van der Waals surface area contributed by atoms with Gasteiger partial charge in [-0.2, -0.15) is 13.4 Å². The number of pyridine rings is 1. The van der Waals surface area contributed by atoms with Crippen molar-refractivity contribution in [1.82, 2.24) is 9.71 Å². The first-order chi connectivity index (χ1) is 9.16. The third-order valence-corrected chi connectivity index (χ3v) is 4.92. The van der Waals surface area contributed by atoms with Gasteiger partial charge in [-0.15, -0.1) is 0 Å². The SMILES string of the molecule is CCCS(=O)(=O)Oc1cccc(S(=O)(=O)NC(C)C)n1. The molecule has 0 aliphatic heterocycles. The lowest BCUT2D eigenvalue weighted by molar-refractivity contribution is 0.471. The van der Waals surface area contributed by atoms with Crippen molar-refractivity contribution in [3.8, 4) is 5.88 Å². The monoisotopic (exact) mass is 322 g/mol. The van der Waals surface area contributed by atoms with E-state index in [-0.39, 0.29) is 22.7 Å². The number of hydrogen-bond donors (Lipinski definition) is 1. The molecule has 0 saturated carbocycles. The lowest BCUT2D eigenvalue weighted by Crippen LogP contribution is -2.31. The Morgan fingerprint density at radius 2 is 1.90 bits per heavy atom. The van der Waals surface area contributed by atoms with E-state index in [0.717, 1.165) is 0 Å². The first-order valence-electron chi connectivity index (χ1n) is 6.08. The van der Waals surface area contributed by atoms with E-state index < -0.39 is 20.1 Å².